The molecule has 0 bridgehead atoms. The number of nitro benzene ring substituents is 1. The summed E-state index contributed by atoms with van der Waals surface area (Å²) in [6.07, 6.45) is 1.82. The summed E-state index contributed by atoms with van der Waals surface area (Å²) in [5, 5.41) is 11.0. The summed E-state index contributed by atoms with van der Waals surface area (Å²) >= 11 is 1.62. The topological polar surface area (TPSA) is 69.4 Å². The second kappa shape index (κ2) is 5.21. The molecule has 0 spiro atoms. The highest BCUT2D eigenvalue weighted by Crippen LogP contribution is 2.41. The van der Waals surface area contributed by atoms with Crippen molar-refractivity contribution in [2.24, 2.45) is 0 Å². The van der Waals surface area contributed by atoms with Crippen LogP contribution in [0.15, 0.2) is 18.2 Å². The molecule has 5 nitrogen and oxygen atoms in total. The van der Waals surface area contributed by atoms with Crippen molar-refractivity contribution in [3.8, 4) is 5.75 Å². The number of rotatable bonds is 4. The molecule has 6 heteroatoms. The molecular weight excluding hydrogens is 266 g/mol. The van der Waals surface area contributed by atoms with E-state index in [2.05, 4.69) is 0 Å². The van der Waals surface area contributed by atoms with E-state index in [9.17, 15) is 14.9 Å². The molecule has 0 aromatic heterocycles. The number of nitro groups is 1. The van der Waals surface area contributed by atoms with Crippen LogP contribution in [-0.4, -0.2) is 28.3 Å². The lowest BCUT2D eigenvalue weighted by molar-refractivity contribution is -0.385. The number of methoxy groups -OCH3 is 1. The number of carbonyl (C=O) groups excluding carboxylic acids is 1. The molecule has 2 rings (SSSR count). The maximum absolute atomic E-state index is 12.5. The monoisotopic (exact) mass is 281 g/mol. The van der Waals surface area contributed by atoms with Gasteiger partial charge in [-0.2, -0.15) is 0 Å². The Morgan fingerprint density at radius 2 is 2.26 bits per heavy atom. The number of carbonyl (C=O) groups is 1. The number of benzene rings is 1. The molecule has 0 aliphatic carbocycles. The standard InChI is InChI=1S/C13H15NO4S/c1-13(6-3-7-19-13)12(15)9-4-5-11(18-2)10(8-9)14(16)17/h4-5,8H,3,6-7H2,1-2H3. The molecule has 102 valence electrons. The number of hydrogen-bond donors (Lipinski definition) is 0. The molecular formula is C13H15NO4S. The lowest BCUT2D eigenvalue weighted by Gasteiger charge is -2.20. The van der Waals surface area contributed by atoms with Gasteiger partial charge >= 0.3 is 5.69 Å². The van der Waals surface area contributed by atoms with E-state index >= 15 is 0 Å². The first-order valence-corrected chi connectivity index (χ1v) is 6.98. The molecule has 19 heavy (non-hydrogen) atoms. The number of ketones is 1. The van der Waals surface area contributed by atoms with Crippen molar-refractivity contribution in [1.29, 1.82) is 0 Å². The van der Waals surface area contributed by atoms with Crippen LogP contribution in [0.2, 0.25) is 0 Å². The Morgan fingerprint density at radius 3 is 2.79 bits per heavy atom. The number of Topliss-reactive ketones (excluding diaryl/α,β-unsaturated/α-hetero) is 1. The van der Waals surface area contributed by atoms with Gasteiger partial charge in [-0.1, -0.05) is 0 Å². The summed E-state index contributed by atoms with van der Waals surface area (Å²) in [6.45, 7) is 1.91. The maximum atomic E-state index is 12.5. The zero-order chi connectivity index (χ0) is 14.0. The SMILES string of the molecule is COc1ccc(C(=O)C2(C)CCCS2)cc1[N+](=O)[O-]. The first kappa shape index (κ1) is 13.9. The quantitative estimate of drug-likeness (QED) is 0.482. The van der Waals surface area contributed by atoms with Crippen LogP contribution in [0.5, 0.6) is 5.75 Å². The lowest BCUT2D eigenvalue weighted by Crippen LogP contribution is -2.28. The van der Waals surface area contributed by atoms with Crippen molar-refractivity contribution in [1.82, 2.24) is 0 Å². The van der Waals surface area contributed by atoms with Gasteiger partial charge in [0, 0.05) is 11.6 Å². The van der Waals surface area contributed by atoms with E-state index in [1.807, 2.05) is 6.92 Å². The number of nitrogens with zero attached hydrogens (tertiary/aromatic N) is 1. The fraction of sp³-hybridized carbons (Fsp3) is 0.462. The highest BCUT2D eigenvalue weighted by atomic mass is 32.2. The summed E-state index contributed by atoms with van der Waals surface area (Å²) < 4.78 is 4.48. The average Bonchev–Trinajstić information content (AvgIpc) is 2.85. The van der Waals surface area contributed by atoms with Gasteiger partial charge in [-0.15, -0.1) is 11.8 Å². The fourth-order valence-electron chi connectivity index (χ4n) is 2.24. The van der Waals surface area contributed by atoms with E-state index in [0.717, 1.165) is 18.6 Å². The van der Waals surface area contributed by atoms with Crippen molar-refractivity contribution in [3.05, 3.63) is 33.9 Å². The second-order valence-electron chi connectivity index (χ2n) is 4.66. The molecule has 0 amide bonds. The van der Waals surface area contributed by atoms with Gasteiger partial charge in [-0.25, -0.2) is 0 Å². The van der Waals surface area contributed by atoms with Crippen LogP contribution >= 0.6 is 11.8 Å². The Bertz CT molecular complexity index is 523. The van der Waals surface area contributed by atoms with Crippen LogP contribution in [0.4, 0.5) is 5.69 Å². The zero-order valence-corrected chi connectivity index (χ0v) is 11.7. The van der Waals surface area contributed by atoms with Gasteiger partial charge in [0.25, 0.3) is 0 Å². The van der Waals surface area contributed by atoms with Gasteiger partial charge in [-0.3, -0.25) is 14.9 Å². The third-order valence-electron chi connectivity index (χ3n) is 3.34. The van der Waals surface area contributed by atoms with E-state index < -0.39 is 9.67 Å². The van der Waals surface area contributed by atoms with E-state index in [1.54, 1.807) is 17.8 Å². The van der Waals surface area contributed by atoms with Crippen molar-refractivity contribution >= 4 is 23.2 Å². The van der Waals surface area contributed by atoms with Gasteiger partial charge in [0.05, 0.1) is 16.8 Å². The molecule has 1 saturated heterocycles. The van der Waals surface area contributed by atoms with E-state index in [0.29, 0.717) is 5.56 Å². The fourth-order valence-corrected chi connectivity index (χ4v) is 3.51. The van der Waals surface area contributed by atoms with Gasteiger partial charge in [0.2, 0.25) is 0 Å². The number of thioether (sulfide) groups is 1. The van der Waals surface area contributed by atoms with Crippen molar-refractivity contribution in [3.63, 3.8) is 0 Å². The number of ether oxygens (including phenoxy) is 1. The Kier molecular flexibility index (Phi) is 3.80. The van der Waals surface area contributed by atoms with Crippen molar-refractivity contribution in [2.45, 2.75) is 24.5 Å². The average molecular weight is 281 g/mol. The van der Waals surface area contributed by atoms with Crippen LogP contribution < -0.4 is 4.74 Å². The lowest BCUT2D eigenvalue weighted by atomic mass is 9.94. The molecule has 0 radical (unpaired) electrons. The minimum Gasteiger partial charge on any atom is -0.490 e. The molecule has 1 unspecified atom stereocenters. The van der Waals surface area contributed by atoms with Crippen LogP contribution in [0.1, 0.15) is 30.1 Å². The molecule has 0 N–H and O–H groups in total. The second-order valence-corrected chi connectivity index (χ2v) is 6.25. The highest BCUT2D eigenvalue weighted by molar-refractivity contribution is 8.01. The van der Waals surface area contributed by atoms with Gasteiger partial charge in [0.1, 0.15) is 0 Å². The Morgan fingerprint density at radius 1 is 1.53 bits per heavy atom. The van der Waals surface area contributed by atoms with Crippen molar-refractivity contribution < 1.29 is 14.5 Å². The van der Waals surface area contributed by atoms with Crippen LogP contribution in [0, 0.1) is 10.1 Å². The Labute approximate surface area is 115 Å². The van der Waals surface area contributed by atoms with Crippen LogP contribution in [0.25, 0.3) is 0 Å². The third-order valence-corrected chi connectivity index (χ3v) is 4.86. The molecule has 1 aliphatic heterocycles. The maximum Gasteiger partial charge on any atom is 0.311 e. The molecule has 1 fully saturated rings. The summed E-state index contributed by atoms with van der Waals surface area (Å²) in [5.74, 6) is 1.09. The summed E-state index contributed by atoms with van der Waals surface area (Å²) in [6, 6.07) is 4.39. The van der Waals surface area contributed by atoms with Crippen LogP contribution in [-0.2, 0) is 0 Å². The molecule has 1 aliphatic rings. The summed E-state index contributed by atoms with van der Waals surface area (Å²) in [5.41, 5.74) is 0.212. The molecule has 1 heterocycles. The van der Waals surface area contributed by atoms with Crippen LogP contribution in [0.3, 0.4) is 0 Å². The van der Waals surface area contributed by atoms with E-state index in [1.165, 1.54) is 19.2 Å². The molecule has 0 saturated carbocycles. The highest BCUT2D eigenvalue weighted by Gasteiger charge is 2.38. The molecule has 1 atom stereocenters. The van der Waals surface area contributed by atoms with Gasteiger partial charge in [0.15, 0.2) is 11.5 Å². The largest absolute Gasteiger partial charge is 0.490 e. The first-order chi connectivity index (χ1) is 8.98. The molecule has 1 aromatic rings. The van der Waals surface area contributed by atoms with Gasteiger partial charge < -0.3 is 4.74 Å². The summed E-state index contributed by atoms with van der Waals surface area (Å²) in [4.78, 5) is 22.9. The third kappa shape index (κ3) is 2.58. The smallest absolute Gasteiger partial charge is 0.311 e. The van der Waals surface area contributed by atoms with Gasteiger partial charge in [-0.05, 0) is 37.7 Å². The van der Waals surface area contributed by atoms with E-state index in [-0.39, 0.29) is 17.2 Å². The normalized spacial score (nSPS) is 22.2. The summed E-state index contributed by atoms with van der Waals surface area (Å²) in [7, 11) is 1.37. The predicted octanol–water partition coefficient (Wildman–Crippen LogP) is 3.07. The molecule has 1 aromatic carbocycles. The zero-order valence-electron chi connectivity index (χ0n) is 10.8. The van der Waals surface area contributed by atoms with Crippen molar-refractivity contribution in [2.75, 3.05) is 12.9 Å². The first-order valence-electron chi connectivity index (χ1n) is 5.99. The Hall–Kier alpha value is -1.56. The number of hydrogen-bond acceptors (Lipinski definition) is 5. The minimum absolute atomic E-state index is 0.0410. The Balaban J connectivity index is 2.38. The minimum atomic E-state index is -0.528. The van der Waals surface area contributed by atoms with E-state index in [4.69, 9.17) is 4.74 Å². The predicted molar refractivity (Wildman–Crippen MR) is 74.1 cm³/mol.